The molecule has 188 valence electrons. The van der Waals surface area contributed by atoms with Gasteiger partial charge in [0.25, 0.3) is 11.8 Å². The fraction of sp³-hybridized carbons (Fsp3) is 0.519. The highest BCUT2D eigenvalue weighted by Crippen LogP contribution is 2.32. The molecule has 7 nitrogen and oxygen atoms in total. The summed E-state index contributed by atoms with van der Waals surface area (Å²) in [6, 6.07) is 7.81. The topological polar surface area (TPSA) is 80.2 Å². The largest absolute Gasteiger partial charge is 0.493 e. The van der Waals surface area contributed by atoms with Crippen LogP contribution in [0, 0.1) is 5.92 Å². The number of nitrogens with zero attached hydrogens (tertiary/aromatic N) is 2. The number of nitrogens with one attached hydrogen (secondary N) is 1. The number of amides is 2. The van der Waals surface area contributed by atoms with Crippen molar-refractivity contribution in [1.82, 2.24) is 10.3 Å². The van der Waals surface area contributed by atoms with Crippen LogP contribution in [-0.4, -0.2) is 48.7 Å². The zero-order valence-electron chi connectivity index (χ0n) is 21.0. The van der Waals surface area contributed by atoms with Gasteiger partial charge in [0, 0.05) is 17.0 Å². The minimum Gasteiger partial charge on any atom is -0.493 e. The second kappa shape index (κ2) is 11.2. The molecule has 0 bridgehead atoms. The lowest BCUT2D eigenvalue weighted by molar-refractivity contribution is -0.139. The van der Waals surface area contributed by atoms with E-state index < -0.39 is 0 Å². The fourth-order valence-corrected chi connectivity index (χ4v) is 6.15. The van der Waals surface area contributed by atoms with Crippen LogP contribution in [0.4, 0.5) is 0 Å². The number of hydrogen-bond acceptors (Lipinski definition) is 6. The number of fused-ring (bicyclic) bond motifs is 1. The van der Waals surface area contributed by atoms with Crippen LogP contribution in [0.15, 0.2) is 29.4 Å². The van der Waals surface area contributed by atoms with Gasteiger partial charge in [0.2, 0.25) is 0 Å². The first-order valence-corrected chi connectivity index (χ1v) is 13.2. The first-order valence-electron chi connectivity index (χ1n) is 12.4. The summed E-state index contributed by atoms with van der Waals surface area (Å²) < 4.78 is 11.3. The number of hydrazone groups is 1. The molecule has 35 heavy (non-hydrogen) atoms. The number of piperidine rings is 1. The van der Waals surface area contributed by atoms with Gasteiger partial charge in [-0.25, -0.2) is 5.43 Å². The number of carbonyl (C=O) groups excluding carboxylic acids is 2. The van der Waals surface area contributed by atoms with Crippen molar-refractivity contribution in [1.29, 1.82) is 0 Å². The first kappa shape index (κ1) is 25.2. The molecule has 1 fully saturated rings. The van der Waals surface area contributed by atoms with Gasteiger partial charge in [-0.1, -0.05) is 6.92 Å². The van der Waals surface area contributed by atoms with Crippen LogP contribution >= 0.6 is 11.3 Å². The van der Waals surface area contributed by atoms with Crippen LogP contribution in [0.3, 0.4) is 0 Å². The number of methoxy groups -OCH3 is 1. The molecule has 2 heterocycles. The van der Waals surface area contributed by atoms with Crippen LogP contribution in [0.25, 0.3) is 0 Å². The second-order valence-electron chi connectivity index (χ2n) is 9.74. The van der Waals surface area contributed by atoms with Gasteiger partial charge >= 0.3 is 0 Å². The maximum atomic E-state index is 12.8. The Hall–Kier alpha value is -2.87. The highest BCUT2D eigenvalue weighted by Gasteiger charge is 2.29. The lowest BCUT2D eigenvalue weighted by Crippen LogP contribution is -2.49. The van der Waals surface area contributed by atoms with Crippen molar-refractivity contribution in [2.45, 2.75) is 71.4 Å². The molecule has 0 unspecified atom stereocenters. The predicted molar refractivity (Wildman–Crippen MR) is 139 cm³/mol. The number of benzene rings is 1. The van der Waals surface area contributed by atoms with E-state index in [2.05, 4.69) is 31.3 Å². The van der Waals surface area contributed by atoms with Crippen molar-refractivity contribution in [3.63, 3.8) is 0 Å². The summed E-state index contributed by atoms with van der Waals surface area (Å²) in [5.41, 5.74) is 4.67. The average Bonchev–Trinajstić information content (AvgIpc) is 3.26. The van der Waals surface area contributed by atoms with Crippen molar-refractivity contribution in [2.75, 3.05) is 13.7 Å². The number of rotatable bonds is 7. The molecule has 8 heteroatoms. The molecule has 1 N–H and O–H groups in total. The fourth-order valence-electron chi connectivity index (χ4n) is 5.05. The molecule has 1 aromatic carbocycles. The van der Waals surface area contributed by atoms with E-state index in [9.17, 15) is 9.59 Å². The van der Waals surface area contributed by atoms with E-state index in [-0.39, 0.29) is 30.5 Å². The van der Waals surface area contributed by atoms with Gasteiger partial charge in [-0.15, -0.1) is 11.3 Å². The third-order valence-electron chi connectivity index (χ3n) is 6.95. The molecule has 4 rings (SSSR count). The standard InChI is InChI=1S/C27H35N3O4S/c1-17-8-11-24-21(12-17)14-25(35-24)27(32)29-28-15-20-9-10-22(23(13-20)33-4)34-16-26(31)30-18(2)6-5-7-19(30)3/h9-10,13-15,17-19H,5-8,11-12,16H2,1-4H3,(H,29,32)/b28-15-/t17-,18-,19+/m1/s1. The maximum Gasteiger partial charge on any atom is 0.281 e. The summed E-state index contributed by atoms with van der Waals surface area (Å²) in [6.07, 6.45) is 8.04. The minimum absolute atomic E-state index is 0.00943. The van der Waals surface area contributed by atoms with Crippen molar-refractivity contribution < 1.29 is 19.1 Å². The summed E-state index contributed by atoms with van der Waals surface area (Å²) in [6.45, 7) is 6.41. The molecule has 1 aliphatic heterocycles. The SMILES string of the molecule is COc1cc(/C=N\NC(=O)c2cc3c(s2)CC[C@@H](C)C3)ccc1OCC(=O)N1[C@H](C)CCC[C@@H]1C. The normalized spacial score (nSPS) is 22.1. The van der Waals surface area contributed by atoms with Gasteiger partial charge in [0.1, 0.15) is 0 Å². The summed E-state index contributed by atoms with van der Waals surface area (Å²) in [7, 11) is 1.56. The zero-order chi connectivity index (χ0) is 24.9. The Labute approximate surface area is 211 Å². The molecule has 2 aliphatic rings. The van der Waals surface area contributed by atoms with E-state index >= 15 is 0 Å². The second-order valence-corrected chi connectivity index (χ2v) is 10.9. The van der Waals surface area contributed by atoms with E-state index in [0.717, 1.165) is 37.7 Å². The van der Waals surface area contributed by atoms with E-state index in [4.69, 9.17) is 9.47 Å². The highest BCUT2D eigenvalue weighted by molar-refractivity contribution is 7.14. The summed E-state index contributed by atoms with van der Waals surface area (Å²) >= 11 is 1.56. The molecular weight excluding hydrogens is 462 g/mol. The molecule has 2 aromatic rings. The van der Waals surface area contributed by atoms with Crippen LogP contribution in [0.2, 0.25) is 0 Å². The molecule has 1 aromatic heterocycles. The average molecular weight is 498 g/mol. The van der Waals surface area contributed by atoms with Crippen molar-refractivity contribution in [3.05, 3.63) is 45.1 Å². The Bertz CT molecular complexity index is 1090. The molecule has 1 aliphatic carbocycles. The van der Waals surface area contributed by atoms with Gasteiger partial charge in [-0.05, 0) is 93.7 Å². The number of thiophene rings is 1. The predicted octanol–water partition coefficient (Wildman–Crippen LogP) is 4.81. The molecule has 2 amide bonds. The number of likely N-dealkylation sites (tertiary alicyclic amines) is 1. The number of ether oxygens (including phenoxy) is 2. The Morgan fingerprint density at radius 2 is 1.91 bits per heavy atom. The van der Waals surface area contributed by atoms with Crippen molar-refractivity contribution in [2.24, 2.45) is 11.0 Å². The van der Waals surface area contributed by atoms with Crippen molar-refractivity contribution in [3.8, 4) is 11.5 Å². The maximum absolute atomic E-state index is 12.8. The van der Waals surface area contributed by atoms with Crippen LogP contribution < -0.4 is 14.9 Å². The molecule has 0 saturated carbocycles. The van der Waals surface area contributed by atoms with Gasteiger partial charge < -0.3 is 14.4 Å². The minimum atomic E-state index is -0.195. The number of carbonyl (C=O) groups is 2. The van der Waals surface area contributed by atoms with Crippen molar-refractivity contribution >= 4 is 29.4 Å². The summed E-state index contributed by atoms with van der Waals surface area (Å²) in [5.74, 6) is 1.47. The van der Waals surface area contributed by atoms with Gasteiger partial charge in [-0.2, -0.15) is 5.10 Å². The third-order valence-corrected chi connectivity index (χ3v) is 8.19. The lowest BCUT2D eigenvalue weighted by atomic mass is 9.90. The van der Waals surface area contributed by atoms with Crippen LogP contribution in [-0.2, 0) is 17.6 Å². The Morgan fingerprint density at radius 1 is 1.14 bits per heavy atom. The zero-order valence-corrected chi connectivity index (χ0v) is 21.8. The third kappa shape index (κ3) is 6.04. The summed E-state index contributed by atoms with van der Waals surface area (Å²) in [4.78, 5) is 29.3. The molecule has 0 radical (unpaired) electrons. The quantitative estimate of drug-likeness (QED) is 0.440. The van der Waals surface area contributed by atoms with Gasteiger partial charge in [0.15, 0.2) is 18.1 Å². The first-order chi connectivity index (χ1) is 16.9. The van der Waals surface area contributed by atoms with E-state index in [0.29, 0.717) is 22.3 Å². The summed E-state index contributed by atoms with van der Waals surface area (Å²) in [5, 5.41) is 4.12. The highest BCUT2D eigenvalue weighted by atomic mass is 32.1. The van der Waals surface area contributed by atoms with E-state index in [1.54, 1.807) is 36.8 Å². The molecule has 0 spiro atoms. The van der Waals surface area contributed by atoms with Gasteiger partial charge in [0.05, 0.1) is 18.2 Å². The van der Waals surface area contributed by atoms with Crippen LogP contribution in [0.1, 0.15) is 72.1 Å². The van der Waals surface area contributed by atoms with Gasteiger partial charge in [-0.3, -0.25) is 9.59 Å². The lowest BCUT2D eigenvalue weighted by Gasteiger charge is -2.39. The Morgan fingerprint density at radius 3 is 2.66 bits per heavy atom. The molecule has 3 atom stereocenters. The smallest absolute Gasteiger partial charge is 0.281 e. The molecule has 1 saturated heterocycles. The van der Waals surface area contributed by atoms with E-state index in [1.165, 1.54) is 16.9 Å². The number of hydrogen-bond donors (Lipinski definition) is 1. The van der Waals surface area contributed by atoms with E-state index in [1.807, 2.05) is 17.0 Å². The Balaban J connectivity index is 1.34. The Kier molecular flexibility index (Phi) is 8.11. The molecular formula is C27H35N3O4S. The monoisotopic (exact) mass is 497 g/mol. The number of aryl methyl sites for hydroxylation is 1. The van der Waals surface area contributed by atoms with Crippen LogP contribution in [0.5, 0.6) is 11.5 Å².